The van der Waals surface area contributed by atoms with Gasteiger partial charge in [-0.2, -0.15) is 0 Å². The van der Waals surface area contributed by atoms with Crippen molar-refractivity contribution in [3.05, 3.63) is 35.0 Å². The second-order valence-electron chi connectivity index (χ2n) is 4.40. The first kappa shape index (κ1) is 13.5. The number of hydrogen-bond donors (Lipinski definition) is 1. The van der Waals surface area contributed by atoms with Gasteiger partial charge in [0.15, 0.2) is 0 Å². The molecular weight excluding hydrogens is 249 g/mol. The van der Waals surface area contributed by atoms with Crippen LogP contribution < -0.4 is 0 Å². The van der Waals surface area contributed by atoms with Crippen molar-refractivity contribution in [1.82, 2.24) is 4.90 Å². The molecule has 2 rings (SSSR count). The Morgan fingerprint density at radius 2 is 2.17 bits per heavy atom. The Morgan fingerprint density at radius 3 is 2.89 bits per heavy atom. The molecule has 98 valence electrons. The third-order valence-corrected chi connectivity index (χ3v) is 3.98. The summed E-state index contributed by atoms with van der Waals surface area (Å²) in [5.74, 6) is -0.189. The van der Waals surface area contributed by atoms with E-state index in [1.165, 1.54) is 6.07 Å². The number of aliphatic hydroxyl groups excluding tert-OH is 1. The molecule has 0 unspecified atom stereocenters. The fourth-order valence-electron chi connectivity index (χ4n) is 2.14. The summed E-state index contributed by atoms with van der Waals surface area (Å²) in [4.78, 5) is 2.20. The summed E-state index contributed by atoms with van der Waals surface area (Å²) in [6, 6.07) is 4.93. The molecule has 0 amide bonds. The highest BCUT2D eigenvalue weighted by molar-refractivity contribution is 7.17. The molecule has 0 spiro atoms. The van der Waals surface area contributed by atoms with Gasteiger partial charge in [0.2, 0.25) is 0 Å². The van der Waals surface area contributed by atoms with Crippen LogP contribution in [-0.4, -0.2) is 29.7 Å². The van der Waals surface area contributed by atoms with E-state index >= 15 is 0 Å². The van der Waals surface area contributed by atoms with E-state index in [9.17, 15) is 4.39 Å². The van der Waals surface area contributed by atoms with Crippen LogP contribution in [0.5, 0.6) is 0 Å². The standard InChI is InChI=1S/C14H18FNOS/c1-2-5-16(6-7-17)9-11-10-18-14-4-3-12(15)8-13(11)14/h3-4,8,10,17H,2,5-7,9H2,1H3. The first-order valence-corrected chi connectivity index (χ1v) is 7.11. The summed E-state index contributed by atoms with van der Waals surface area (Å²) in [6.07, 6.45) is 1.05. The molecule has 0 bridgehead atoms. The molecule has 0 saturated carbocycles. The lowest BCUT2D eigenvalue weighted by Gasteiger charge is -2.20. The van der Waals surface area contributed by atoms with Crippen LogP contribution in [0.1, 0.15) is 18.9 Å². The summed E-state index contributed by atoms with van der Waals surface area (Å²) in [6.45, 7) is 4.68. The van der Waals surface area contributed by atoms with E-state index in [4.69, 9.17) is 5.11 Å². The maximum atomic E-state index is 13.3. The maximum absolute atomic E-state index is 13.3. The zero-order valence-corrected chi connectivity index (χ0v) is 11.3. The van der Waals surface area contributed by atoms with E-state index in [1.54, 1.807) is 17.4 Å². The molecule has 1 N–H and O–H groups in total. The summed E-state index contributed by atoms with van der Waals surface area (Å²) in [7, 11) is 0. The molecule has 0 atom stereocenters. The lowest BCUT2D eigenvalue weighted by Crippen LogP contribution is -2.27. The van der Waals surface area contributed by atoms with Crippen molar-refractivity contribution >= 4 is 21.4 Å². The predicted molar refractivity (Wildman–Crippen MR) is 74.4 cm³/mol. The van der Waals surface area contributed by atoms with Gasteiger partial charge in [-0.15, -0.1) is 11.3 Å². The van der Waals surface area contributed by atoms with Gasteiger partial charge in [-0.05, 0) is 47.5 Å². The van der Waals surface area contributed by atoms with E-state index in [0.717, 1.165) is 35.2 Å². The van der Waals surface area contributed by atoms with Gasteiger partial charge in [0.1, 0.15) is 5.82 Å². The molecule has 1 aromatic carbocycles. The highest BCUT2D eigenvalue weighted by atomic mass is 32.1. The number of rotatable bonds is 6. The number of hydrogen-bond acceptors (Lipinski definition) is 3. The molecular formula is C14H18FNOS. The molecule has 0 radical (unpaired) electrons. The molecule has 4 heteroatoms. The van der Waals surface area contributed by atoms with E-state index < -0.39 is 0 Å². The summed E-state index contributed by atoms with van der Waals surface area (Å²) < 4.78 is 14.4. The molecule has 0 aliphatic carbocycles. The Balaban J connectivity index is 2.21. The Bertz CT molecular complexity index is 505. The van der Waals surface area contributed by atoms with Crippen LogP contribution in [-0.2, 0) is 6.54 Å². The van der Waals surface area contributed by atoms with E-state index in [1.807, 2.05) is 6.07 Å². The minimum absolute atomic E-state index is 0.163. The van der Waals surface area contributed by atoms with Gasteiger partial charge >= 0.3 is 0 Å². The fraction of sp³-hybridized carbons (Fsp3) is 0.429. The van der Waals surface area contributed by atoms with Crippen molar-refractivity contribution in [2.75, 3.05) is 19.7 Å². The largest absolute Gasteiger partial charge is 0.395 e. The molecule has 0 saturated heterocycles. The van der Waals surface area contributed by atoms with Crippen LogP contribution in [0, 0.1) is 5.82 Å². The Hall–Kier alpha value is -0.970. The third kappa shape index (κ3) is 3.07. The van der Waals surface area contributed by atoms with Crippen molar-refractivity contribution in [1.29, 1.82) is 0 Å². The first-order valence-electron chi connectivity index (χ1n) is 6.23. The van der Waals surface area contributed by atoms with Gasteiger partial charge in [-0.1, -0.05) is 6.92 Å². The van der Waals surface area contributed by atoms with Crippen LogP contribution in [0.2, 0.25) is 0 Å². The SMILES string of the molecule is CCCN(CCO)Cc1csc2ccc(F)cc12. The second kappa shape index (κ2) is 6.27. The predicted octanol–water partition coefficient (Wildman–Crippen LogP) is 3.24. The average Bonchev–Trinajstić information content (AvgIpc) is 2.73. The van der Waals surface area contributed by atoms with Crippen LogP contribution in [0.25, 0.3) is 10.1 Å². The molecule has 2 nitrogen and oxygen atoms in total. The van der Waals surface area contributed by atoms with Crippen LogP contribution in [0.4, 0.5) is 4.39 Å². The van der Waals surface area contributed by atoms with Gasteiger partial charge < -0.3 is 5.11 Å². The van der Waals surface area contributed by atoms with E-state index in [-0.39, 0.29) is 12.4 Å². The maximum Gasteiger partial charge on any atom is 0.123 e. The number of aliphatic hydroxyl groups is 1. The van der Waals surface area contributed by atoms with Crippen LogP contribution >= 0.6 is 11.3 Å². The molecule has 1 aromatic heterocycles. The number of fused-ring (bicyclic) bond motifs is 1. The first-order chi connectivity index (χ1) is 8.74. The summed E-state index contributed by atoms with van der Waals surface area (Å²) in [5, 5.41) is 12.1. The van der Waals surface area contributed by atoms with Gasteiger partial charge in [0.25, 0.3) is 0 Å². The number of benzene rings is 1. The minimum atomic E-state index is -0.189. The normalized spacial score (nSPS) is 11.6. The zero-order valence-electron chi connectivity index (χ0n) is 10.5. The highest BCUT2D eigenvalue weighted by Gasteiger charge is 2.09. The Morgan fingerprint density at radius 1 is 1.33 bits per heavy atom. The van der Waals surface area contributed by atoms with Gasteiger partial charge in [-0.3, -0.25) is 4.90 Å². The Kier molecular flexibility index (Phi) is 4.69. The molecule has 0 fully saturated rings. The molecule has 2 aromatic rings. The van der Waals surface area contributed by atoms with E-state index in [0.29, 0.717) is 6.54 Å². The lowest BCUT2D eigenvalue weighted by atomic mass is 10.1. The third-order valence-electron chi connectivity index (χ3n) is 2.97. The van der Waals surface area contributed by atoms with Crippen molar-refractivity contribution in [2.45, 2.75) is 19.9 Å². The minimum Gasteiger partial charge on any atom is -0.395 e. The molecule has 18 heavy (non-hydrogen) atoms. The Labute approximate surface area is 111 Å². The van der Waals surface area contributed by atoms with Crippen LogP contribution in [0.3, 0.4) is 0 Å². The number of thiophene rings is 1. The highest BCUT2D eigenvalue weighted by Crippen LogP contribution is 2.27. The lowest BCUT2D eigenvalue weighted by molar-refractivity contribution is 0.191. The molecule has 0 aliphatic rings. The van der Waals surface area contributed by atoms with E-state index in [2.05, 4.69) is 17.2 Å². The summed E-state index contributed by atoms with van der Waals surface area (Å²) >= 11 is 1.64. The van der Waals surface area contributed by atoms with Crippen molar-refractivity contribution in [2.24, 2.45) is 0 Å². The van der Waals surface area contributed by atoms with Crippen LogP contribution in [0.15, 0.2) is 23.6 Å². The number of nitrogens with zero attached hydrogens (tertiary/aromatic N) is 1. The zero-order chi connectivity index (χ0) is 13.0. The van der Waals surface area contributed by atoms with Crippen molar-refractivity contribution in [3.8, 4) is 0 Å². The average molecular weight is 267 g/mol. The smallest absolute Gasteiger partial charge is 0.123 e. The summed E-state index contributed by atoms with van der Waals surface area (Å²) in [5.41, 5.74) is 1.15. The second-order valence-corrected chi connectivity index (χ2v) is 5.31. The van der Waals surface area contributed by atoms with Gasteiger partial charge in [0.05, 0.1) is 6.61 Å². The fourth-order valence-corrected chi connectivity index (χ4v) is 3.08. The topological polar surface area (TPSA) is 23.5 Å². The van der Waals surface area contributed by atoms with Gasteiger partial charge in [-0.25, -0.2) is 4.39 Å². The molecule has 0 aliphatic heterocycles. The van der Waals surface area contributed by atoms with Gasteiger partial charge in [0, 0.05) is 17.8 Å². The van der Waals surface area contributed by atoms with Crippen molar-refractivity contribution in [3.63, 3.8) is 0 Å². The molecule has 1 heterocycles. The van der Waals surface area contributed by atoms with Crippen molar-refractivity contribution < 1.29 is 9.50 Å². The monoisotopic (exact) mass is 267 g/mol. The number of halogens is 1. The quantitative estimate of drug-likeness (QED) is 0.868.